The Bertz CT molecular complexity index is 148. The maximum atomic E-state index is 3.10. The van der Waals surface area contributed by atoms with Crippen molar-refractivity contribution >= 4 is 23.1 Å². The Hall–Kier alpha value is 0.466. The topological polar surface area (TPSA) is 0 Å². The molecule has 0 N–H and O–H groups in total. The Kier molecular flexibility index (Phi) is 8.10. The molecule has 0 aromatic heterocycles. The molecule has 0 radical (unpaired) electrons. The van der Waals surface area contributed by atoms with Crippen LogP contribution in [-0.4, -0.2) is 23.1 Å². The molecule has 0 aliphatic heterocycles. The summed E-state index contributed by atoms with van der Waals surface area (Å²) in [7, 11) is 0. The average Bonchev–Trinajstić information content (AvgIpc) is 1.77. The molecule has 0 aliphatic rings. The Morgan fingerprint density at radius 1 is 1.20 bits per heavy atom. The number of hydrogen-bond donors (Lipinski definition) is 0. The number of halogens is 1. The minimum Gasteiger partial charge on any atom is -1.00 e. The van der Waals surface area contributed by atoms with Gasteiger partial charge in [-0.05, 0) is 0 Å². The van der Waals surface area contributed by atoms with Crippen LogP contribution in [0.4, 0.5) is 0 Å². The van der Waals surface area contributed by atoms with Crippen LogP contribution in [0.15, 0.2) is 18.2 Å². The van der Waals surface area contributed by atoms with Gasteiger partial charge in [0.25, 0.3) is 0 Å². The van der Waals surface area contributed by atoms with Crippen molar-refractivity contribution < 1.29 is 17.0 Å². The molecular weight excluding hydrogens is 200 g/mol. The van der Waals surface area contributed by atoms with Gasteiger partial charge in [-0.3, -0.25) is 0 Å². The van der Waals surface area contributed by atoms with Gasteiger partial charge >= 0.3 is 23.1 Å². The predicted molar refractivity (Wildman–Crippen MR) is 40.5 cm³/mol. The van der Waals surface area contributed by atoms with Crippen molar-refractivity contribution in [1.29, 1.82) is 0 Å². The number of benzene rings is 1. The Morgan fingerprint density at radius 3 is 2.10 bits per heavy atom. The van der Waals surface area contributed by atoms with Crippen LogP contribution in [0, 0.1) is 19.9 Å². The molecule has 1 rings (SSSR count). The van der Waals surface area contributed by atoms with E-state index in [1.165, 1.54) is 11.1 Å². The molecular formula is C8H9BrMg. The number of aryl methyl sites for hydroxylation is 2. The molecule has 0 heterocycles. The molecule has 0 amide bonds. The second-order valence-corrected chi connectivity index (χ2v) is 2.05. The second kappa shape index (κ2) is 6.19. The summed E-state index contributed by atoms with van der Waals surface area (Å²) in [6.07, 6.45) is 0. The smallest absolute Gasteiger partial charge is 1.00 e. The average molecular weight is 209 g/mol. The summed E-state index contributed by atoms with van der Waals surface area (Å²) in [4.78, 5) is 0. The van der Waals surface area contributed by atoms with Crippen LogP contribution in [0.2, 0.25) is 0 Å². The summed E-state index contributed by atoms with van der Waals surface area (Å²) >= 11 is 0. The van der Waals surface area contributed by atoms with Crippen molar-refractivity contribution in [3.8, 4) is 0 Å². The molecule has 0 fully saturated rings. The van der Waals surface area contributed by atoms with Gasteiger partial charge in [0.1, 0.15) is 0 Å². The van der Waals surface area contributed by atoms with Crippen molar-refractivity contribution in [3.05, 3.63) is 35.4 Å². The van der Waals surface area contributed by atoms with Crippen molar-refractivity contribution in [2.75, 3.05) is 0 Å². The molecule has 0 spiro atoms. The van der Waals surface area contributed by atoms with E-state index in [1.54, 1.807) is 0 Å². The Labute approximate surface area is 88.9 Å². The van der Waals surface area contributed by atoms with Crippen LogP contribution in [0.25, 0.3) is 0 Å². The standard InChI is InChI=1S/C8H9.BrH.Mg/c1-7-3-5-8(2)6-4-7;;/h3-5H,1-2H3;1H;/q-1;;+2/p-1. The Morgan fingerprint density at radius 2 is 1.80 bits per heavy atom. The van der Waals surface area contributed by atoms with Gasteiger partial charge in [0.05, 0.1) is 0 Å². The minimum atomic E-state index is 0. The van der Waals surface area contributed by atoms with E-state index >= 15 is 0 Å². The SMILES string of the molecule is Cc1[c-]cc(C)cc1.[Br-].[Mg+2]. The maximum Gasteiger partial charge on any atom is 2.00 e. The summed E-state index contributed by atoms with van der Waals surface area (Å²) in [6.45, 7) is 4.11. The summed E-state index contributed by atoms with van der Waals surface area (Å²) in [5.41, 5.74) is 2.48. The van der Waals surface area contributed by atoms with E-state index in [2.05, 4.69) is 25.1 Å². The fourth-order valence-corrected chi connectivity index (χ4v) is 0.580. The third-order valence-corrected chi connectivity index (χ3v) is 1.12. The number of hydrogen-bond acceptors (Lipinski definition) is 0. The summed E-state index contributed by atoms with van der Waals surface area (Å²) in [5, 5.41) is 0. The molecule has 1 aromatic carbocycles. The molecule has 0 saturated carbocycles. The molecule has 2 heteroatoms. The van der Waals surface area contributed by atoms with Crippen molar-refractivity contribution in [2.45, 2.75) is 13.8 Å². The van der Waals surface area contributed by atoms with E-state index in [0.29, 0.717) is 0 Å². The van der Waals surface area contributed by atoms with E-state index in [-0.39, 0.29) is 40.0 Å². The maximum absolute atomic E-state index is 3.10. The van der Waals surface area contributed by atoms with Gasteiger partial charge in [0.15, 0.2) is 0 Å². The summed E-state index contributed by atoms with van der Waals surface area (Å²) in [5.74, 6) is 0. The molecule has 0 nitrogen and oxygen atoms in total. The summed E-state index contributed by atoms with van der Waals surface area (Å²) < 4.78 is 0. The minimum absolute atomic E-state index is 0. The molecule has 50 valence electrons. The Balaban J connectivity index is 0. The monoisotopic (exact) mass is 208 g/mol. The molecule has 0 saturated heterocycles. The molecule has 0 aliphatic carbocycles. The van der Waals surface area contributed by atoms with Crippen LogP contribution in [-0.2, 0) is 0 Å². The summed E-state index contributed by atoms with van der Waals surface area (Å²) in [6, 6.07) is 9.25. The van der Waals surface area contributed by atoms with Crippen molar-refractivity contribution in [1.82, 2.24) is 0 Å². The normalized spacial score (nSPS) is 7.40. The van der Waals surface area contributed by atoms with E-state index in [0.717, 1.165) is 0 Å². The largest absolute Gasteiger partial charge is 2.00 e. The predicted octanol–water partition coefficient (Wildman–Crippen LogP) is -1.27. The fourth-order valence-electron chi connectivity index (χ4n) is 0.580. The van der Waals surface area contributed by atoms with Crippen molar-refractivity contribution in [2.24, 2.45) is 0 Å². The van der Waals surface area contributed by atoms with Crippen molar-refractivity contribution in [3.63, 3.8) is 0 Å². The van der Waals surface area contributed by atoms with Crippen LogP contribution in [0.5, 0.6) is 0 Å². The van der Waals surface area contributed by atoms with Gasteiger partial charge in [-0.2, -0.15) is 35.4 Å². The van der Waals surface area contributed by atoms with Gasteiger partial charge in [-0.1, -0.05) is 13.8 Å². The number of rotatable bonds is 0. The first-order valence-electron chi connectivity index (χ1n) is 2.74. The third-order valence-electron chi connectivity index (χ3n) is 1.12. The first-order valence-corrected chi connectivity index (χ1v) is 2.74. The van der Waals surface area contributed by atoms with E-state index < -0.39 is 0 Å². The zero-order chi connectivity index (χ0) is 5.98. The van der Waals surface area contributed by atoms with E-state index in [9.17, 15) is 0 Å². The van der Waals surface area contributed by atoms with Gasteiger partial charge in [0.2, 0.25) is 0 Å². The quantitative estimate of drug-likeness (QED) is 0.369. The molecule has 1 aromatic rings. The van der Waals surface area contributed by atoms with Gasteiger partial charge in [-0.25, -0.2) is 0 Å². The van der Waals surface area contributed by atoms with Crippen LogP contribution >= 0.6 is 0 Å². The van der Waals surface area contributed by atoms with Crippen LogP contribution in [0.1, 0.15) is 11.1 Å². The van der Waals surface area contributed by atoms with E-state index in [1.807, 2.05) is 13.0 Å². The molecule has 0 unspecified atom stereocenters. The van der Waals surface area contributed by atoms with Crippen LogP contribution in [0.3, 0.4) is 0 Å². The third kappa shape index (κ3) is 4.31. The van der Waals surface area contributed by atoms with E-state index in [4.69, 9.17) is 0 Å². The van der Waals surface area contributed by atoms with Crippen LogP contribution < -0.4 is 17.0 Å². The fraction of sp³-hybridized carbons (Fsp3) is 0.250. The van der Waals surface area contributed by atoms with Gasteiger partial charge < -0.3 is 17.0 Å². The first-order chi connectivity index (χ1) is 3.79. The molecule has 10 heavy (non-hydrogen) atoms. The molecule has 0 atom stereocenters. The zero-order valence-corrected chi connectivity index (χ0v) is 9.32. The first kappa shape index (κ1) is 13.1. The van der Waals surface area contributed by atoms with Gasteiger partial charge in [0, 0.05) is 0 Å². The zero-order valence-electron chi connectivity index (χ0n) is 6.32. The van der Waals surface area contributed by atoms with Gasteiger partial charge in [-0.15, -0.1) is 0 Å². The second-order valence-electron chi connectivity index (χ2n) is 2.05. The molecule has 0 bridgehead atoms.